The van der Waals surface area contributed by atoms with Gasteiger partial charge in [-0.2, -0.15) is 0 Å². The Labute approximate surface area is 133 Å². The molecule has 1 saturated heterocycles. The van der Waals surface area contributed by atoms with E-state index in [0.29, 0.717) is 6.04 Å². The van der Waals surface area contributed by atoms with Crippen molar-refractivity contribution in [3.05, 3.63) is 84.1 Å². The summed E-state index contributed by atoms with van der Waals surface area (Å²) >= 11 is 0. The van der Waals surface area contributed by atoms with E-state index in [1.54, 1.807) is 0 Å². The lowest BCUT2D eigenvalue weighted by molar-refractivity contribution is 0.132. The van der Waals surface area contributed by atoms with Gasteiger partial charge in [0, 0.05) is 31.9 Å². The zero-order chi connectivity index (χ0) is 15.4. The molecule has 2 aromatic rings. The number of hydrogen-bond acceptors (Lipinski definition) is 2. The molecule has 1 heterocycles. The zero-order valence-corrected chi connectivity index (χ0v) is 13.3. The van der Waals surface area contributed by atoms with Gasteiger partial charge in [-0.15, -0.1) is 0 Å². The van der Waals surface area contributed by atoms with Crippen LogP contribution in [0.25, 0.3) is 0 Å². The molecule has 114 valence electrons. The average Bonchev–Trinajstić information content (AvgIpc) is 2.57. The van der Waals surface area contributed by atoms with Gasteiger partial charge in [0.25, 0.3) is 0 Å². The molecule has 1 aliphatic rings. The molecule has 0 aliphatic carbocycles. The number of rotatable bonds is 4. The normalized spacial score (nSPS) is 16.0. The van der Waals surface area contributed by atoms with Gasteiger partial charge in [-0.25, -0.2) is 0 Å². The number of hydrogen-bond donors (Lipinski definition) is 0. The summed E-state index contributed by atoms with van der Waals surface area (Å²) in [5.74, 6) is 0. The highest BCUT2D eigenvalue weighted by Gasteiger charge is 2.25. The summed E-state index contributed by atoms with van der Waals surface area (Å²) < 4.78 is 0. The van der Waals surface area contributed by atoms with Gasteiger partial charge in [0.1, 0.15) is 0 Å². The van der Waals surface area contributed by atoms with E-state index >= 15 is 0 Å². The van der Waals surface area contributed by atoms with Crippen LogP contribution in [0.5, 0.6) is 0 Å². The lowest BCUT2D eigenvalue weighted by Crippen LogP contribution is -2.46. The lowest BCUT2D eigenvalue weighted by Gasteiger charge is -2.40. The smallest absolute Gasteiger partial charge is 0.0603 e. The van der Waals surface area contributed by atoms with Crippen molar-refractivity contribution in [3.63, 3.8) is 0 Å². The van der Waals surface area contributed by atoms with Gasteiger partial charge in [-0.05, 0) is 18.1 Å². The maximum atomic E-state index is 4.07. The summed E-state index contributed by atoms with van der Waals surface area (Å²) in [6.07, 6.45) is 0. The Morgan fingerprint density at radius 3 is 1.68 bits per heavy atom. The fourth-order valence-corrected chi connectivity index (χ4v) is 3.25. The first-order chi connectivity index (χ1) is 10.8. The maximum Gasteiger partial charge on any atom is 0.0603 e. The third kappa shape index (κ3) is 3.23. The van der Waals surface area contributed by atoms with Gasteiger partial charge in [-0.1, -0.05) is 67.2 Å². The molecule has 0 saturated carbocycles. The molecule has 22 heavy (non-hydrogen) atoms. The van der Waals surface area contributed by atoms with Crippen molar-refractivity contribution in [3.8, 4) is 0 Å². The minimum Gasteiger partial charge on any atom is -0.373 e. The standard InChI is InChI=1S/C20H24N2/c1-17(2)21-13-15-22(16-14-21)20(18-9-5-3-6-10-18)19-11-7-4-8-12-19/h3-12,20H,1,13-16H2,2H3. The fraction of sp³-hybridized carbons (Fsp3) is 0.300. The van der Waals surface area contributed by atoms with Gasteiger partial charge in [0.2, 0.25) is 0 Å². The Bertz CT molecular complexity index is 559. The van der Waals surface area contributed by atoms with Crippen LogP contribution in [0.15, 0.2) is 72.9 Å². The first-order valence-electron chi connectivity index (χ1n) is 8.00. The van der Waals surface area contributed by atoms with Crippen molar-refractivity contribution < 1.29 is 0 Å². The summed E-state index contributed by atoms with van der Waals surface area (Å²) in [7, 11) is 0. The Morgan fingerprint density at radius 2 is 1.27 bits per heavy atom. The van der Waals surface area contributed by atoms with E-state index in [2.05, 4.69) is 84.0 Å². The predicted molar refractivity (Wildman–Crippen MR) is 92.7 cm³/mol. The van der Waals surface area contributed by atoms with E-state index in [-0.39, 0.29) is 0 Å². The van der Waals surface area contributed by atoms with Crippen LogP contribution in [0.1, 0.15) is 24.1 Å². The van der Waals surface area contributed by atoms with E-state index in [0.717, 1.165) is 26.2 Å². The summed E-state index contributed by atoms with van der Waals surface area (Å²) in [6.45, 7) is 10.4. The molecule has 0 bridgehead atoms. The van der Waals surface area contributed by atoms with Crippen molar-refractivity contribution in [2.45, 2.75) is 13.0 Å². The molecule has 1 fully saturated rings. The molecule has 0 aromatic heterocycles. The van der Waals surface area contributed by atoms with Crippen LogP contribution < -0.4 is 0 Å². The highest BCUT2D eigenvalue weighted by Crippen LogP contribution is 2.29. The topological polar surface area (TPSA) is 6.48 Å². The molecular weight excluding hydrogens is 268 g/mol. The molecular formula is C20H24N2. The van der Waals surface area contributed by atoms with E-state index in [4.69, 9.17) is 0 Å². The van der Waals surface area contributed by atoms with Crippen LogP contribution in [0, 0.1) is 0 Å². The fourth-order valence-electron chi connectivity index (χ4n) is 3.25. The molecule has 2 heteroatoms. The molecule has 2 nitrogen and oxygen atoms in total. The first kappa shape index (κ1) is 14.9. The molecule has 3 rings (SSSR count). The van der Waals surface area contributed by atoms with Gasteiger partial charge in [-0.3, -0.25) is 4.90 Å². The molecule has 1 aliphatic heterocycles. The van der Waals surface area contributed by atoms with Crippen molar-refractivity contribution in [2.24, 2.45) is 0 Å². The van der Waals surface area contributed by atoms with Crippen LogP contribution in [0.4, 0.5) is 0 Å². The zero-order valence-electron chi connectivity index (χ0n) is 13.3. The van der Waals surface area contributed by atoms with Gasteiger partial charge in [0.15, 0.2) is 0 Å². The predicted octanol–water partition coefficient (Wildman–Crippen LogP) is 3.93. The van der Waals surface area contributed by atoms with Crippen molar-refractivity contribution in [1.29, 1.82) is 0 Å². The van der Waals surface area contributed by atoms with E-state index in [9.17, 15) is 0 Å². The average molecular weight is 292 g/mol. The SMILES string of the molecule is C=C(C)N1CCN(C(c2ccccc2)c2ccccc2)CC1. The van der Waals surface area contributed by atoms with Crippen LogP contribution in [0.3, 0.4) is 0 Å². The number of allylic oxidation sites excluding steroid dienone is 1. The van der Waals surface area contributed by atoms with Crippen LogP contribution in [-0.2, 0) is 0 Å². The molecule has 2 aromatic carbocycles. The molecule has 0 N–H and O–H groups in total. The molecule has 0 atom stereocenters. The summed E-state index contributed by atoms with van der Waals surface area (Å²) in [4.78, 5) is 4.97. The number of nitrogens with zero attached hydrogens (tertiary/aromatic N) is 2. The molecule has 0 spiro atoms. The van der Waals surface area contributed by atoms with Crippen LogP contribution in [-0.4, -0.2) is 36.0 Å². The van der Waals surface area contributed by atoms with Crippen LogP contribution >= 0.6 is 0 Å². The van der Waals surface area contributed by atoms with Gasteiger partial charge < -0.3 is 4.90 Å². The highest BCUT2D eigenvalue weighted by atomic mass is 15.3. The van der Waals surface area contributed by atoms with Crippen LogP contribution in [0.2, 0.25) is 0 Å². The summed E-state index contributed by atoms with van der Waals surface area (Å²) in [5, 5.41) is 0. The molecule has 0 unspecified atom stereocenters. The van der Waals surface area contributed by atoms with E-state index in [1.807, 2.05) is 0 Å². The molecule has 0 amide bonds. The third-order valence-corrected chi connectivity index (χ3v) is 4.45. The second-order valence-electron chi connectivity index (χ2n) is 5.98. The number of benzene rings is 2. The third-order valence-electron chi connectivity index (χ3n) is 4.45. The quantitative estimate of drug-likeness (QED) is 0.842. The minimum absolute atomic E-state index is 0.342. The Balaban J connectivity index is 1.86. The largest absolute Gasteiger partial charge is 0.373 e. The van der Waals surface area contributed by atoms with Crippen molar-refractivity contribution in [1.82, 2.24) is 9.80 Å². The first-order valence-corrected chi connectivity index (χ1v) is 8.00. The summed E-state index contributed by atoms with van der Waals surface area (Å²) in [6, 6.07) is 22.0. The second kappa shape index (κ2) is 6.80. The Morgan fingerprint density at radius 1 is 0.818 bits per heavy atom. The van der Waals surface area contributed by atoms with Gasteiger partial charge >= 0.3 is 0 Å². The monoisotopic (exact) mass is 292 g/mol. The lowest BCUT2D eigenvalue weighted by atomic mass is 9.96. The minimum atomic E-state index is 0.342. The molecule has 0 radical (unpaired) electrons. The highest BCUT2D eigenvalue weighted by molar-refractivity contribution is 5.32. The van der Waals surface area contributed by atoms with E-state index in [1.165, 1.54) is 16.8 Å². The van der Waals surface area contributed by atoms with Gasteiger partial charge in [0.05, 0.1) is 6.04 Å². The maximum absolute atomic E-state index is 4.07. The number of piperazine rings is 1. The Kier molecular flexibility index (Phi) is 4.59. The summed E-state index contributed by atoms with van der Waals surface area (Å²) in [5.41, 5.74) is 3.92. The van der Waals surface area contributed by atoms with Crippen molar-refractivity contribution >= 4 is 0 Å². The Hall–Kier alpha value is -2.06. The van der Waals surface area contributed by atoms with Crippen molar-refractivity contribution in [2.75, 3.05) is 26.2 Å². The second-order valence-corrected chi connectivity index (χ2v) is 5.98. The van der Waals surface area contributed by atoms with E-state index < -0.39 is 0 Å².